The van der Waals surface area contributed by atoms with Crippen LogP contribution in [-0.4, -0.2) is 49.4 Å². The van der Waals surface area contributed by atoms with Crippen LogP contribution in [0, 0.1) is 6.92 Å². The van der Waals surface area contributed by atoms with Crippen LogP contribution in [0.2, 0.25) is 0 Å². The summed E-state index contributed by atoms with van der Waals surface area (Å²) in [5.74, 6) is 0.127. The maximum atomic E-state index is 12.6. The molecule has 0 saturated heterocycles. The Balaban J connectivity index is 2.89. The fourth-order valence-corrected chi connectivity index (χ4v) is 2.28. The molecule has 0 aliphatic heterocycles. The second-order valence-corrected chi connectivity index (χ2v) is 5.86. The monoisotopic (exact) mass is 326 g/mol. The Hall–Kier alpha value is -0.870. The number of likely N-dealkylation sites (N-methyl/N-ethyl adjacent to an activating group) is 1. The van der Waals surface area contributed by atoms with E-state index in [1.165, 1.54) is 0 Å². The lowest BCUT2D eigenvalue weighted by molar-refractivity contribution is 0.0744. The summed E-state index contributed by atoms with van der Waals surface area (Å²) in [5, 5.41) is 0. The highest BCUT2D eigenvalue weighted by Gasteiger charge is 2.17. The Bertz CT molecular complexity index is 432. The third-order valence-electron chi connectivity index (χ3n) is 3.10. The van der Waals surface area contributed by atoms with E-state index >= 15 is 0 Å². The number of nitrogens with zero attached hydrogens (tertiary/aromatic N) is 2. The van der Waals surface area contributed by atoms with E-state index in [2.05, 4.69) is 27.8 Å². The first-order valence-electron chi connectivity index (χ1n) is 6.66. The minimum Gasteiger partial charge on any atom is -0.337 e. The molecule has 19 heavy (non-hydrogen) atoms. The highest BCUT2D eigenvalue weighted by atomic mass is 79.9. The smallest absolute Gasteiger partial charge is 0.254 e. The molecule has 0 bridgehead atoms. The van der Waals surface area contributed by atoms with Gasteiger partial charge in [-0.3, -0.25) is 4.79 Å². The fraction of sp³-hybridized carbons (Fsp3) is 0.533. The van der Waals surface area contributed by atoms with Crippen molar-refractivity contribution in [2.75, 3.05) is 33.7 Å². The summed E-state index contributed by atoms with van der Waals surface area (Å²) in [5.41, 5.74) is 1.81. The Morgan fingerprint density at radius 2 is 1.89 bits per heavy atom. The van der Waals surface area contributed by atoms with Gasteiger partial charge in [0.25, 0.3) is 5.91 Å². The van der Waals surface area contributed by atoms with Crippen molar-refractivity contribution in [3.63, 3.8) is 0 Å². The number of carbonyl (C=O) groups is 1. The second-order valence-electron chi connectivity index (χ2n) is 5.01. The zero-order chi connectivity index (χ0) is 14.4. The molecule has 0 radical (unpaired) electrons. The molecule has 3 nitrogen and oxygen atoms in total. The van der Waals surface area contributed by atoms with Gasteiger partial charge in [0, 0.05) is 29.7 Å². The zero-order valence-electron chi connectivity index (χ0n) is 12.2. The van der Waals surface area contributed by atoms with Gasteiger partial charge in [-0.2, -0.15) is 0 Å². The Morgan fingerprint density at radius 1 is 1.21 bits per heavy atom. The predicted octanol–water partition coefficient (Wildman–Crippen LogP) is 3.17. The molecule has 0 saturated carbocycles. The number of hydrogen-bond acceptors (Lipinski definition) is 2. The van der Waals surface area contributed by atoms with Crippen molar-refractivity contribution in [3.8, 4) is 0 Å². The van der Waals surface area contributed by atoms with Crippen molar-refractivity contribution in [1.29, 1.82) is 0 Å². The second kappa shape index (κ2) is 7.65. The number of halogens is 1. The third-order valence-corrected chi connectivity index (χ3v) is 3.96. The molecule has 0 heterocycles. The summed E-state index contributed by atoms with van der Waals surface area (Å²) < 4.78 is 0.988. The van der Waals surface area contributed by atoms with Crippen LogP contribution in [0.4, 0.5) is 0 Å². The van der Waals surface area contributed by atoms with Crippen molar-refractivity contribution < 1.29 is 4.79 Å². The molecule has 1 aromatic rings. The van der Waals surface area contributed by atoms with Crippen LogP contribution in [0.25, 0.3) is 0 Å². The molecule has 0 aromatic heterocycles. The van der Waals surface area contributed by atoms with E-state index < -0.39 is 0 Å². The zero-order valence-corrected chi connectivity index (χ0v) is 13.8. The van der Waals surface area contributed by atoms with Crippen LogP contribution < -0.4 is 0 Å². The Morgan fingerprint density at radius 3 is 2.47 bits per heavy atom. The lowest BCUT2D eigenvalue weighted by Crippen LogP contribution is -2.37. The fourth-order valence-electron chi connectivity index (χ4n) is 1.92. The van der Waals surface area contributed by atoms with E-state index in [1.54, 1.807) is 0 Å². The minimum atomic E-state index is 0.127. The standard InChI is InChI=1S/C15H23BrN2O/c1-5-9-18(11-10-17(3)4)15(19)13-7-6-8-14(16)12(13)2/h6-8H,5,9-11H2,1-4H3. The first kappa shape index (κ1) is 16.2. The van der Waals surface area contributed by atoms with Crippen molar-refractivity contribution in [3.05, 3.63) is 33.8 Å². The SMILES string of the molecule is CCCN(CCN(C)C)C(=O)c1cccc(Br)c1C. The number of rotatable bonds is 6. The molecule has 0 aliphatic rings. The van der Waals surface area contributed by atoms with E-state index in [0.717, 1.165) is 41.7 Å². The quantitative estimate of drug-likeness (QED) is 0.801. The van der Waals surface area contributed by atoms with Gasteiger partial charge in [0.1, 0.15) is 0 Å². The topological polar surface area (TPSA) is 23.6 Å². The van der Waals surface area contributed by atoms with Crippen molar-refractivity contribution in [1.82, 2.24) is 9.80 Å². The van der Waals surface area contributed by atoms with Gasteiger partial charge in [-0.05, 0) is 45.1 Å². The maximum absolute atomic E-state index is 12.6. The normalized spacial score (nSPS) is 10.8. The van der Waals surface area contributed by atoms with Crippen LogP contribution in [0.1, 0.15) is 29.3 Å². The van der Waals surface area contributed by atoms with Crippen LogP contribution in [-0.2, 0) is 0 Å². The molecule has 1 aromatic carbocycles. The summed E-state index contributed by atoms with van der Waals surface area (Å²) >= 11 is 3.49. The highest BCUT2D eigenvalue weighted by molar-refractivity contribution is 9.10. The molecule has 0 aliphatic carbocycles. The highest BCUT2D eigenvalue weighted by Crippen LogP contribution is 2.20. The van der Waals surface area contributed by atoms with E-state index in [9.17, 15) is 4.79 Å². The third kappa shape index (κ3) is 4.62. The van der Waals surface area contributed by atoms with Gasteiger partial charge in [-0.15, -0.1) is 0 Å². The van der Waals surface area contributed by atoms with E-state index in [4.69, 9.17) is 0 Å². The Labute approximate surface area is 124 Å². The van der Waals surface area contributed by atoms with Gasteiger partial charge in [-0.25, -0.2) is 0 Å². The molecule has 0 fully saturated rings. The lowest BCUT2D eigenvalue weighted by Gasteiger charge is -2.25. The minimum absolute atomic E-state index is 0.127. The van der Waals surface area contributed by atoms with E-state index in [0.29, 0.717) is 0 Å². The molecular weight excluding hydrogens is 304 g/mol. The molecule has 1 amide bonds. The molecule has 0 unspecified atom stereocenters. The average molecular weight is 327 g/mol. The van der Waals surface area contributed by atoms with Crippen molar-refractivity contribution >= 4 is 21.8 Å². The van der Waals surface area contributed by atoms with Crippen molar-refractivity contribution in [2.24, 2.45) is 0 Å². The Kier molecular flexibility index (Phi) is 6.52. The summed E-state index contributed by atoms with van der Waals surface area (Å²) in [6.07, 6.45) is 0.978. The maximum Gasteiger partial charge on any atom is 0.254 e. The lowest BCUT2D eigenvalue weighted by atomic mass is 10.1. The van der Waals surface area contributed by atoms with Gasteiger partial charge in [0.2, 0.25) is 0 Å². The van der Waals surface area contributed by atoms with Gasteiger partial charge in [-0.1, -0.05) is 28.9 Å². The van der Waals surface area contributed by atoms with Gasteiger partial charge in [0.15, 0.2) is 0 Å². The molecule has 0 N–H and O–H groups in total. The summed E-state index contributed by atoms with van der Waals surface area (Å²) in [6, 6.07) is 5.79. The molecule has 106 valence electrons. The van der Waals surface area contributed by atoms with E-state index in [-0.39, 0.29) is 5.91 Å². The largest absolute Gasteiger partial charge is 0.337 e. The predicted molar refractivity (Wildman–Crippen MR) is 83.6 cm³/mol. The van der Waals surface area contributed by atoms with Crippen LogP contribution in [0.15, 0.2) is 22.7 Å². The summed E-state index contributed by atoms with van der Waals surface area (Å²) in [6.45, 7) is 6.54. The molecule has 1 rings (SSSR count). The van der Waals surface area contributed by atoms with E-state index in [1.807, 2.05) is 44.1 Å². The first-order valence-corrected chi connectivity index (χ1v) is 7.45. The number of benzene rings is 1. The molecule has 4 heteroatoms. The van der Waals surface area contributed by atoms with Crippen LogP contribution in [0.3, 0.4) is 0 Å². The molecular formula is C15H23BrN2O. The first-order chi connectivity index (χ1) is 8.97. The van der Waals surface area contributed by atoms with Gasteiger partial charge < -0.3 is 9.80 Å². The number of amides is 1. The average Bonchev–Trinajstić information content (AvgIpc) is 2.37. The van der Waals surface area contributed by atoms with Crippen LogP contribution >= 0.6 is 15.9 Å². The number of hydrogen-bond donors (Lipinski definition) is 0. The number of carbonyl (C=O) groups excluding carboxylic acids is 1. The summed E-state index contributed by atoms with van der Waals surface area (Å²) in [7, 11) is 4.05. The molecule has 0 atom stereocenters. The van der Waals surface area contributed by atoms with Gasteiger partial charge >= 0.3 is 0 Å². The van der Waals surface area contributed by atoms with Gasteiger partial charge in [0.05, 0.1) is 0 Å². The summed E-state index contributed by atoms with van der Waals surface area (Å²) in [4.78, 5) is 16.6. The molecule has 0 spiro atoms. The van der Waals surface area contributed by atoms with Crippen molar-refractivity contribution in [2.45, 2.75) is 20.3 Å². The van der Waals surface area contributed by atoms with Crippen LogP contribution in [0.5, 0.6) is 0 Å².